The van der Waals surface area contributed by atoms with Gasteiger partial charge in [-0.1, -0.05) is 97.3 Å². The lowest BCUT2D eigenvalue weighted by Gasteiger charge is -2.16. The minimum absolute atomic E-state index is 0.524. The number of hydrogen-bond acceptors (Lipinski definition) is 6. The van der Waals surface area contributed by atoms with Gasteiger partial charge in [-0.15, -0.1) is 3.63 Å². The van der Waals surface area contributed by atoms with Gasteiger partial charge in [0.05, 0.1) is 6.10 Å². The molecule has 7 nitrogen and oxygen atoms in total. The van der Waals surface area contributed by atoms with Gasteiger partial charge in [0, 0.05) is 0 Å². The summed E-state index contributed by atoms with van der Waals surface area (Å²) < 4.78 is 61.7. The minimum atomic E-state index is -5.11. The van der Waals surface area contributed by atoms with Crippen LogP contribution in [0.3, 0.4) is 0 Å². The Bertz CT molecular complexity index is 544. The van der Waals surface area contributed by atoms with Crippen molar-refractivity contribution in [1.29, 1.82) is 0 Å². The van der Waals surface area contributed by atoms with Crippen LogP contribution in [-0.2, 0) is 28.6 Å². The van der Waals surface area contributed by atoms with Crippen LogP contribution in [0.1, 0.15) is 110 Å². The molecular formula is C18H38O7S2. The van der Waals surface area contributed by atoms with Crippen LogP contribution >= 0.6 is 0 Å². The van der Waals surface area contributed by atoms with Crippen molar-refractivity contribution in [3.05, 3.63) is 0 Å². The predicted octanol–water partition coefficient (Wildman–Crippen LogP) is 5.33. The fourth-order valence-corrected chi connectivity index (χ4v) is 4.51. The second kappa shape index (κ2) is 15.7. The molecule has 0 heterocycles. The lowest BCUT2D eigenvalue weighted by atomic mass is 10.0. The lowest BCUT2D eigenvalue weighted by molar-refractivity contribution is 0.158. The molecule has 0 radical (unpaired) electrons. The van der Waals surface area contributed by atoms with E-state index >= 15 is 0 Å². The van der Waals surface area contributed by atoms with Gasteiger partial charge in [0.1, 0.15) is 0 Å². The van der Waals surface area contributed by atoms with E-state index < -0.39 is 26.9 Å². The fraction of sp³-hybridized carbons (Fsp3) is 1.00. The molecule has 0 saturated heterocycles. The van der Waals surface area contributed by atoms with Crippen molar-refractivity contribution in [2.24, 2.45) is 0 Å². The van der Waals surface area contributed by atoms with E-state index in [1.807, 2.05) is 0 Å². The molecule has 0 aliphatic heterocycles. The van der Waals surface area contributed by atoms with Crippen LogP contribution in [0.4, 0.5) is 0 Å². The Labute approximate surface area is 166 Å². The van der Waals surface area contributed by atoms with Crippen LogP contribution in [0.5, 0.6) is 0 Å². The molecule has 9 heteroatoms. The van der Waals surface area contributed by atoms with Gasteiger partial charge in [0.2, 0.25) is 0 Å². The van der Waals surface area contributed by atoms with E-state index in [1.54, 1.807) is 0 Å². The highest BCUT2D eigenvalue weighted by atomic mass is 32.3. The molecule has 0 bridgehead atoms. The Balaban J connectivity index is 4.35. The summed E-state index contributed by atoms with van der Waals surface area (Å²) in [6, 6.07) is 0. The molecule has 0 aliphatic rings. The molecular weight excluding hydrogens is 392 g/mol. The number of hydrogen-bond donors (Lipinski definition) is 1. The van der Waals surface area contributed by atoms with Crippen molar-refractivity contribution in [2.45, 2.75) is 116 Å². The molecule has 1 atom stereocenters. The number of rotatable bonds is 19. The third-order valence-corrected chi connectivity index (χ3v) is 6.29. The summed E-state index contributed by atoms with van der Waals surface area (Å²) in [5, 5.41) is 0. The van der Waals surface area contributed by atoms with Crippen molar-refractivity contribution >= 4 is 20.8 Å². The molecule has 0 aliphatic carbocycles. The molecule has 1 unspecified atom stereocenters. The molecule has 0 rings (SSSR count). The Morgan fingerprint density at radius 2 is 1.04 bits per heavy atom. The summed E-state index contributed by atoms with van der Waals surface area (Å²) in [5.41, 5.74) is 0. The average Bonchev–Trinajstić information content (AvgIpc) is 2.54. The van der Waals surface area contributed by atoms with Gasteiger partial charge in [0.25, 0.3) is 0 Å². The van der Waals surface area contributed by atoms with Gasteiger partial charge in [-0.25, -0.2) is 4.18 Å². The summed E-state index contributed by atoms with van der Waals surface area (Å²) in [6.07, 6.45) is 14.5. The highest BCUT2D eigenvalue weighted by molar-refractivity contribution is 7.94. The van der Waals surface area contributed by atoms with Gasteiger partial charge < -0.3 is 0 Å². The maximum atomic E-state index is 11.7. The lowest BCUT2D eigenvalue weighted by Crippen LogP contribution is -2.22. The first kappa shape index (κ1) is 26.8. The van der Waals surface area contributed by atoms with Crippen molar-refractivity contribution in [1.82, 2.24) is 0 Å². The molecule has 0 spiro atoms. The van der Waals surface area contributed by atoms with E-state index in [9.17, 15) is 16.8 Å². The molecule has 0 amide bonds. The second-order valence-corrected chi connectivity index (χ2v) is 9.50. The first-order valence-corrected chi connectivity index (χ1v) is 13.0. The molecule has 0 aromatic carbocycles. The normalized spacial score (nSPS) is 13.7. The molecule has 0 fully saturated rings. The molecule has 0 aromatic rings. The third-order valence-electron chi connectivity index (χ3n) is 4.43. The van der Waals surface area contributed by atoms with E-state index in [-0.39, 0.29) is 0 Å². The van der Waals surface area contributed by atoms with Crippen molar-refractivity contribution < 1.29 is 29.2 Å². The third kappa shape index (κ3) is 18.9. The van der Waals surface area contributed by atoms with Crippen LogP contribution in [0.25, 0.3) is 0 Å². The first-order chi connectivity index (χ1) is 12.7. The largest absolute Gasteiger partial charge is 0.416 e. The van der Waals surface area contributed by atoms with Crippen LogP contribution in [0.15, 0.2) is 0 Å². The standard InChI is InChI=1S/C18H38O7S2/c1-3-5-7-9-11-13-15-17-18(16-14-12-10-8-6-4-2)24-27(22,23)25-26(19,20)21/h18H,3-17H2,1-2H3,(H,19,20,21). The average molecular weight is 431 g/mol. The molecule has 164 valence electrons. The maximum absolute atomic E-state index is 11.7. The highest BCUT2D eigenvalue weighted by Crippen LogP contribution is 2.19. The Kier molecular flexibility index (Phi) is 15.5. The fourth-order valence-electron chi connectivity index (χ4n) is 3.01. The van der Waals surface area contributed by atoms with Crippen LogP contribution in [0.2, 0.25) is 0 Å². The van der Waals surface area contributed by atoms with Crippen molar-refractivity contribution in [3.8, 4) is 0 Å². The number of unbranched alkanes of at least 4 members (excludes halogenated alkanes) is 11. The van der Waals surface area contributed by atoms with E-state index in [2.05, 4.69) is 17.5 Å². The van der Waals surface area contributed by atoms with E-state index in [1.165, 1.54) is 32.1 Å². The smallest absolute Gasteiger partial charge is 0.263 e. The summed E-state index contributed by atoms with van der Waals surface area (Å²) in [5.74, 6) is 0. The topological polar surface area (TPSA) is 107 Å². The predicted molar refractivity (Wildman–Crippen MR) is 107 cm³/mol. The minimum Gasteiger partial charge on any atom is -0.263 e. The zero-order valence-electron chi connectivity index (χ0n) is 16.9. The SMILES string of the molecule is CCCCCCCCCC(CCCCCCCC)OS(=O)(=O)OS(=O)(=O)O. The maximum Gasteiger partial charge on any atom is 0.416 e. The molecule has 0 aromatic heterocycles. The Morgan fingerprint density at radius 1 is 0.667 bits per heavy atom. The van der Waals surface area contributed by atoms with E-state index in [0.29, 0.717) is 12.8 Å². The van der Waals surface area contributed by atoms with Crippen molar-refractivity contribution in [3.63, 3.8) is 0 Å². The first-order valence-electron chi connectivity index (χ1n) is 10.3. The van der Waals surface area contributed by atoms with Crippen LogP contribution in [-0.4, -0.2) is 27.5 Å². The molecule has 0 saturated carbocycles. The summed E-state index contributed by atoms with van der Waals surface area (Å²) in [7, 11) is -9.90. The Morgan fingerprint density at radius 3 is 1.41 bits per heavy atom. The van der Waals surface area contributed by atoms with E-state index in [0.717, 1.165) is 51.4 Å². The second-order valence-electron chi connectivity index (χ2n) is 7.09. The van der Waals surface area contributed by atoms with Crippen LogP contribution < -0.4 is 0 Å². The van der Waals surface area contributed by atoms with E-state index in [4.69, 9.17) is 8.74 Å². The van der Waals surface area contributed by atoms with Gasteiger partial charge in [0.15, 0.2) is 0 Å². The molecule has 27 heavy (non-hydrogen) atoms. The van der Waals surface area contributed by atoms with Gasteiger partial charge in [-0.05, 0) is 12.8 Å². The summed E-state index contributed by atoms with van der Waals surface area (Å²) in [6.45, 7) is 4.31. The van der Waals surface area contributed by atoms with Gasteiger partial charge >= 0.3 is 20.8 Å². The summed E-state index contributed by atoms with van der Waals surface area (Å²) >= 11 is 0. The van der Waals surface area contributed by atoms with Crippen molar-refractivity contribution in [2.75, 3.05) is 0 Å². The van der Waals surface area contributed by atoms with Gasteiger partial charge in [-0.3, -0.25) is 4.55 Å². The Hall–Kier alpha value is -0.220. The zero-order valence-corrected chi connectivity index (χ0v) is 18.5. The highest BCUT2D eigenvalue weighted by Gasteiger charge is 2.26. The zero-order chi connectivity index (χ0) is 20.6. The van der Waals surface area contributed by atoms with Crippen LogP contribution in [0, 0.1) is 0 Å². The molecule has 1 N–H and O–H groups in total. The van der Waals surface area contributed by atoms with Gasteiger partial charge in [-0.2, -0.15) is 16.8 Å². The quantitative estimate of drug-likeness (QED) is 0.218. The monoisotopic (exact) mass is 430 g/mol. The summed E-state index contributed by atoms with van der Waals surface area (Å²) in [4.78, 5) is 0.